The van der Waals surface area contributed by atoms with E-state index in [4.69, 9.17) is 33.1 Å². The van der Waals surface area contributed by atoms with Gasteiger partial charge >= 0.3 is 0 Å². The molecular formula is C32H41N13O7. The van der Waals surface area contributed by atoms with Crippen LogP contribution in [0.3, 0.4) is 0 Å². The van der Waals surface area contributed by atoms with Gasteiger partial charge in [0.1, 0.15) is 54.8 Å². The van der Waals surface area contributed by atoms with Gasteiger partial charge < -0.3 is 52.4 Å². The van der Waals surface area contributed by atoms with Crippen molar-refractivity contribution in [3.05, 3.63) is 24.8 Å². The second-order valence-electron chi connectivity index (χ2n) is 12.5. The van der Waals surface area contributed by atoms with Crippen molar-refractivity contribution in [2.75, 3.05) is 44.2 Å². The van der Waals surface area contributed by atoms with Crippen LogP contribution >= 0.6 is 0 Å². The molecule has 11 N–H and O–H groups in total. The largest absolute Gasteiger partial charge is 0.387 e. The molecule has 4 aromatic rings. The van der Waals surface area contributed by atoms with Gasteiger partial charge in [0.15, 0.2) is 46.7 Å². The molecule has 8 atom stereocenters. The minimum Gasteiger partial charge on any atom is -0.387 e. The minimum atomic E-state index is -1.43. The molecule has 52 heavy (non-hydrogen) atoms. The molecule has 6 heterocycles. The Kier molecular flexibility index (Phi) is 11.4. The van der Waals surface area contributed by atoms with E-state index in [1.54, 1.807) is 0 Å². The molecule has 0 spiro atoms. The number of ether oxygens (including phenoxy) is 2. The van der Waals surface area contributed by atoms with Gasteiger partial charge in [0.25, 0.3) is 0 Å². The number of aromatic nitrogens is 8. The third kappa shape index (κ3) is 7.46. The second-order valence-corrected chi connectivity index (χ2v) is 12.5. The molecule has 0 radical (unpaired) electrons. The maximum atomic E-state index is 12.2. The first-order valence-corrected chi connectivity index (χ1v) is 16.7. The fourth-order valence-corrected chi connectivity index (χ4v) is 6.22. The molecular weight excluding hydrogens is 678 g/mol. The van der Waals surface area contributed by atoms with Gasteiger partial charge in [0.05, 0.1) is 12.9 Å². The van der Waals surface area contributed by atoms with Crippen molar-refractivity contribution >= 4 is 39.9 Å². The summed E-state index contributed by atoms with van der Waals surface area (Å²) in [7, 11) is 0. The molecule has 2 fully saturated rings. The van der Waals surface area contributed by atoms with Gasteiger partial charge in [-0.2, -0.15) is 0 Å². The molecule has 0 bridgehead atoms. The zero-order valence-corrected chi connectivity index (χ0v) is 28.1. The molecule has 0 aromatic carbocycles. The third-order valence-corrected chi connectivity index (χ3v) is 8.94. The Labute approximate surface area is 297 Å². The quantitative estimate of drug-likeness (QED) is 0.0504. The van der Waals surface area contributed by atoms with E-state index in [0.29, 0.717) is 43.5 Å². The maximum Gasteiger partial charge on any atom is 0.220 e. The summed E-state index contributed by atoms with van der Waals surface area (Å²) in [6, 6.07) is 0. The highest BCUT2D eigenvalue weighted by Crippen LogP contribution is 2.34. The number of carbonyl (C=O) groups excluding carboxylic acids is 1. The number of nitrogen functional groups attached to an aromatic ring is 2. The van der Waals surface area contributed by atoms with Crippen molar-refractivity contribution < 1.29 is 34.7 Å². The van der Waals surface area contributed by atoms with Crippen LogP contribution in [0, 0.1) is 24.2 Å². The molecule has 20 heteroatoms. The summed E-state index contributed by atoms with van der Waals surface area (Å²) in [5.74, 6) is 8.79. The Bertz CT molecular complexity index is 1990. The summed E-state index contributed by atoms with van der Waals surface area (Å²) in [4.78, 5) is 39.3. The normalized spacial score (nSPS) is 25.8. The number of hydrogen-bond acceptors (Lipinski definition) is 17. The Hall–Kier alpha value is -5.03. The number of hydrogen-bond donors (Lipinski definition) is 8. The first-order valence-electron chi connectivity index (χ1n) is 16.7. The van der Waals surface area contributed by atoms with Crippen molar-refractivity contribution in [2.45, 2.75) is 74.8 Å². The number of aliphatic hydroxyl groups excluding tert-OH is 4. The lowest BCUT2D eigenvalue weighted by Gasteiger charge is -2.24. The smallest absolute Gasteiger partial charge is 0.220 e. The van der Waals surface area contributed by atoms with Gasteiger partial charge in [-0.05, 0) is 25.3 Å². The Balaban J connectivity index is 1.21. The molecule has 0 unspecified atom stereocenters. The van der Waals surface area contributed by atoms with Crippen molar-refractivity contribution in [3.63, 3.8) is 0 Å². The Morgan fingerprint density at radius 3 is 2.37 bits per heavy atom. The Morgan fingerprint density at radius 2 is 1.62 bits per heavy atom. The van der Waals surface area contributed by atoms with Crippen LogP contribution in [0.5, 0.6) is 0 Å². The third-order valence-electron chi connectivity index (χ3n) is 8.94. The van der Waals surface area contributed by atoms with Gasteiger partial charge in [0.2, 0.25) is 5.91 Å². The fourth-order valence-electron chi connectivity index (χ4n) is 6.22. The average molecular weight is 720 g/mol. The van der Waals surface area contributed by atoms with Crippen molar-refractivity contribution in [3.8, 4) is 24.2 Å². The standard InChI is InChI=1S/C32H41N13O7/c1-2-3-4-10-43(13-18-24(48)25(49)31(52-18)44-16-41-21-27(34)37-14-39-29(21)44)11-6-7-19-42-22-28(35)38-15-40-30(22)45(19)32-26(50)23(47)17(51-32)12-36-20(46)8-5-9-33/h1,14-18,23-26,31-32,47-50H,3-5,8-13,33H2,(H,36,46)(H2,34,37,39)(H2,35,38,40)/t17-,18-,23-,24-,25-,26-,31-,32-/m1/s1. The number of rotatable bonds is 13. The van der Waals surface area contributed by atoms with E-state index >= 15 is 0 Å². The van der Waals surface area contributed by atoms with Gasteiger partial charge in [0, 0.05) is 32.5 Å². The number of unbranched alkanes of at least 4 members (excludes halogenated alkanes) is 1. The number of aliphatic hydroxyl groups is 4. The predicted octanol–water partition coefficient (Wildman–Crippen LogP) is -3.01. The molecule has 4 aromatic heterocycles. The summed E-state index contributed by atoms with van der Waals surface area (Å²) in [5, 5.41) is 46.6. The van der Waals surface area contributed by atoms with Gasteiger partial charge in [-0.1, -0.05) is 5.92 Å². The molecule has 20 nitrogen and oxygen atoms in total. The van der Waals surface area contributed by atoms with E-state index in [0.717, 1.165) is 0 Å². The lowest BCUT2D eigenvalue weighted by Crippen LogP contribution is -2.40. The molecule has 2 aliphatic rings. The number of amides is 1. The van der Waals surface area contributed by atoms with E-state index < -0.39 is 49.1 Å². The van der Waals surface area contributed by atoms with Crippen LogP contribution in [0.1, 0.15) is 44.0 Å². The summed E-state index contributed by atoms with van der Waals surface area (Å²) in [6.07, 6.45) is 1.93. The molecule has 6 rings (SSSR count). The highest BCUT2D eigenvalue weighted by Gasteiger charge is 2.46. The number of carbonyl (C=O) groups is 1. The van der Waals surface area contributed by atoms with E-state index in [1.807, 2.05) is 4.90 Å². The number of fused-ring (bicyclic) bond motifs is 2. The molecule has 0 aliphatic carbocycles. The summed E-state index contributed by atoms with van der Waals surface area (Å²) >= 11 is 0. The first kappa shape index (κ1) is 36.8. The van der Waals surface area contributed by atoms with Crippen LogP contribution in [0.4, 0.5) is 11.6 Å². The summed E-state index contributed by atoms with van der Waals surface area (Å²) in [5.41, 5.74) is 18.6. The lowest BCUT2D eigenvalue weighted by molar-refractivity contribution is -0.122. The van der Waals surface area contributed by atoms with Crippen molar-refractivity contribution in [1.29, 1.82) is 0 Å². The summed E-state index contributed by atoms with van der Waals surface area (Å²) < 4.78 is 15.1. The van der Waals surface area contributed by atoms with Gasteiger partial charge in [-0.15, -0.1) is 12.3 Å². The zero-order chi connectivity index (χ0) is 36.9. The van der Waals surface area contributed by atoms with E-state index in [1.165, 1.54) is 28.1 Å². The van der Waals surface area contributed by atoms with Crippen molar-refractivity contribution in [1.82, 2.24) is 49.3 Å². The Morgan fingerprint density at radius 1 is 0.923 bits per heavy atom. The number of nitrogens with zero attached hydrogens (tertiary/aromatic N) is 9. The van der Waals surface area contributed by atoms with E-state index in [9.17, 15) is 25.2 Å². The minimum absolute atomic E-state index is 0.0565. The average Bonchev–Trinajstić information content (AvgIpc) is 3.87. The fraction of sp³-hybridized carbons (Fsp3) is 0.531. The molecule has 276 valence electrons. The second kappa shape index (κ2) is 16.1. The van der Waals surface area contributed by atoms with Crippen molar-refractivity contribution in [2.24, 2.45) is 5.73 Å². The van der Waals surface area contributed by atoms with Crippen LogP contribution in [-0.4, -0.2) is 140 Å². The van der Waals surface area contributed by atoms with Crippen LogP contribution in [0.25, 0.3) is 22.3 Å². The molecule has 2 saturated heterocycles. The zero-order valence-electron chi connectivity index (χ0n) is 28.1. The van der Waals surface area contributed by atoms with Crippen LogP contribution < -0.4 is 22.5 Å². The predicted molar refractivity (Wildman–Crippen MR) is 184 cm³/mol. The molecule has 2 aliphatic heterocycles. The molecule has 0 saturated carbocycles. The summed E-state index contributed by atoms with van der Waals surface area (Å²) in [6.45, 7) is 1.10. The van der Waals surface area contributed by atoms with Crippen LogP contribution in [0.2, 0.25) is 0 Å². The maximum absolute atomic E-state index is 12.2. The molecule has 1 amide bonds. The first-order chi connectivity index (χ1) is 25.1. The van der Waals surface area contributed by atoms with Gasteiger partial charge in [-0.3, -0.25) is 18.8 Å². The highest BCUT2D eigenvalue weighted by atomic mass is 16.6. The highest BCUT2D eigenvalue weighted by molar-refractivity contribution is 5.83. The van der Waals surface area contributed by atoms with E-state index in [-0.39, 0.29) is 60.6 Å². The number of nitrogens with two attached hydrogens (primary N) is 3. The van der Waals surface area contributed by atoms with Crippen LogP contribution in [0.15, 0.2) is 19.0 Å². The number of imidazole rings is 2. The monoisotopic (exact) mass is 719 g/mol. The number of terminal acetylenes is 1. The van der Waals surface area contributed by atoms with Crippen LogP contribution in [-0.2, 0) is 14.3 Å². The topological polar surface area (TPSA) is 297 Å². The lowest BCUT2D eigenvalue weighted by atomic mass is 10.1. The number of anilines is 2. The SMILES string of the molecule is C#CCCCN(CC#Cc1nc2c(N)ncnc2n1[C@@H]1O[C@H](CNC(=O)CCCN)[C@@H](O)[C@H]1O)C[C@H]1O[C@@H](n2cnc3c(N)ncnc32)[C@H](O)[C@@H]1O. The van der Waals surface area contributed by atoms with E-state index in [2.05, 4.69) is 53.0 Å². The number of nitrogens with one attached hydrogen (secondary N) is 1. The van der Waals surface area contributed by atoms with Gasteiger partial charge in [-0.25, -0.2) is 29.9 Å².